The summed E-state index contributed by atoms with van der Waals surface area (Å²) in [6.45, 7) is 5.63. The van der Waals surface area contributed by atoms with Gasteiger partial charge in [-0.05, 0) is 39.7 Å². The van der Waals surface area contributed by atoms with Gasteiger partial charge in [0, 0.05) is 19.1 Å². The van der Waals surface area contributed by atoms with Crippen LogP contribution in [-0.2, 0) is 4.79 Å². The first kappa shape index (κ1) is 17.9. The molecule has 1 aliphatic carbocycles. The van der Waals surface area contributed by atoms with Crippen LogP contribution < -0.4 is 16.4 Å². The summed E-state index contributed by atoms with van der Waals surface area (Å²) < 4.78 is 0. The number of urea groups is 1. The summed E-state index contributed by atoms with van der Waals surface area (Å²) in [5.74, 6) is -0.233. The molecule has 0 aromatic rings. The molecule has 0 aromatic heterocycles. The van der Waals surface area contributed by atoms with Gasteiger partial charge in [-0.25, -0.2) is 4.79 Å². The van der Waals surface area contributed by atoms with E-state index in [2.05, 4.69) is 15.5 Å². The zero-order chi connectivity index (χ0) is 15.7. The van der Waals surface area contributed by atoms with E-state index in [9.17, 15) is 9.59 Å². The first-order valence-corrected chi connectivity index (χ1v) is 8.14. The third-order valence-corrected chi connectivity index (χ3v) is 4.12. The molecule has 0 aliphatic heterocycles. The number of rotatable bonds is 7. The highest BCUT2D eigenvalue weighted by atomic mass is 16.2. The van der Waals surface area contributed by atoms with Crippen molar-refractivity contribution in [1.82, 2.24) is 15.5 Å². The molecule has 1 fully saturated rings. The molecular formula is C15H30N4O2. The quantitative estimate of drug-likeness (QED) is 0.659. The maximum atomic E-state index is 12.2. The normalized spacial score (nSPS) is 17.5. The van der Waals surface area contributed by atoms with Crippen LogP contribution in [0.25, 0.3) is 0 Å². The number of hydrogen-bond acceptors (Lipinski definition) is 4. The van der Waals surface area contributed by atoms with Gasteiger partial charge in [-0.2, -0.15) is 0 Å². The average molecular weight is 298 g/mol. The summed E-state index contributed by atoms with van der Waals surface area (Å²) in [6.07, 6.45) is 6.84. The van der Waals surface area contributed by atoms with Crippen molar-refractivity contribution in [2.75, 3.05) is 19.6 Å². The summed E-state index contributed by atoms with van der Waals surface area (Å²) in [5, 5.41) is 5.00. The second-order valence-electron chi connectivity index (χ2n) is 5.70. The van der Waals surface area contributed by atoms with Crippen LogP contribution in [0.5, 0.6) is 0 Å². The van der Waals surface area contributed by atoms with Gasteiger partial charge in [-0.15, -0.1) is 0 Å². The molecule has 3 amide bonds. The smallest absolute Gasteiger partial charge is 0.321 e. The van der Waals surface area contributed by atoms with Crippen molar-refractivity contribution in [3.8, 4) is 0 Å². The highest BCUT2D eigenvalue weighted by Gasteiger charge is 2.29. The zero-order valence-electron chi connectivity index (χ0n) is 13.4. The molecule has 0 heterocycles. The Labute approximate surface area is 127 Å². The fourth-order valence-electron chi connectivity index (χ4n) is 2.95. The second kappa shape index (κ2) is 9.73. The molecule has 1 unspecified atom stereocenters. The fraction of sp³-hybridized carbons (Fsp3) is 0.867. The Balaban J connectivity index is 2.62. The topological polar surface area (TPSA) is 87.5 Å². The van der Waals surface area contributed by atoms with Gasteiger partial charge < -0.3 is 11.1 Å². The van der Waals surface area contributed by atoms with E-state index in [1.54, 1.807) is 0 Å². The highest BCUT2D eigenvalue weighted by Crippen LogP contribution is 2.24. The van der Waals surface area contributed by atoms with E-state index in [0.717, 1.165) is 25.8 Å². The van der Waals surface area contributed by atoms with Crippen LogP contribution in [0, 0.1) is 0 Å². The van der Waals surface area contributed by atoms with E-state index >= 15 is 0 Å². The summed E-state index contributed by atoms with van der Waals surface area (Å²) in [7, 11) is 0. The van der Waals surface area contributed by atoms with Gasteiger partial charge in [0.05, 0.1) is 6.04 Å². The van der Waals surface area contributed by atoms with Crippen LogP contribution in [0.1, 0.15) is 52.4 Å². The van der Waals surface area contributed by atoms with Gasteiger partial charge in [0.1, 0.15) is 0 Å². The maximum absolute atomic E-state index is 12.2. The minimum absolute atomic E-state index is 0.233. The predicted molar refractivity (Wildman–Crippen MR) is 83.9 cm³/mol. The van der Waals surface area contributed by atoms with E-state index in [4.69, 9.17) is 5.73 Å². The number of carbonyl (C=O) groups excluding carboxylic acids is 2. The molecule has 1 aliphatic rings. The van der Waals surface area contributed by atoms with Gasteiger partial charge in [0.2, 0.25) is 5.91 Å². The molecule has 1 rings (SSSR count). The largest absolute Gasteiger partial charge is 0.338 e. The summed E-state index contributed by atoms with van der Waals surface area (Å²) >= 11 is 0. The third-order valence-electron chi connectivity index (χ3n) is 4.12. The number of hydrogen-bond donors (Lipinski definition) is 3. The van der Waals surface area contributed by atoms with Gasteiger partial charge in [0.25, 0.3) is 0 Å². The van der Waals surface area contributed by atoms with Crippen molar-refractivity contribution >= 4 is 11.9 Å². The zero-order valence-corrected chi connectivity index (χ0v) is 13.4. The van der Waals surface area contributed by atoms with E-state index in [0.29, 0.717) is 19.1 Å². The molecule has 1 saturated carbocycles. The van der Waals surface area contributed by atoms with Gasteiger partial charge in [-0.1, -0.05) is 19.3 Å². The molecule has 6 heteroatoms. The Bertz CT molecular complexity index is 330. The number of imide groups is 1. The van der Waals surface area contributed by atoms with E-state index in [1.807, 2.05) is 13.8 Å². The van der Waals surface area contributed by atoms with Crippen molar-refractivity contribution in [3.63, 3.8) is 0 Å². The lowest BCUT2D eigenvalue weighted by Gasteiger charge is -2.37. The van der Waals surface area contributed by atoms with E-state index < -0.39 is 6.03 Å². The first-order valence-electron chi connectivity index (χ1n) is 8.14. The Morgan fingerprint density at radius 3 is 2.52 bits per heavy atom. The van der Waals surface area contributed by atoms with Crippen LogP contribution in [0.4, 0.5) is 4.79 Å². The number of nitrogens with one attached hydrogen (secondary N) is 2. The summed E-state index contributed by atoms with van der Waals surface area (Å²) in [5.41, 5.74) is 5.61. The Morgan fingerprint density at radius 1 is 1.29 bits per heavy atom. The number of nitrogens with zero attached hydrogens (tertiary/aromatic N) is 1. The number of nitrogens with two attached hydrogens (primary N) is 1. The summed E-state index contributed by atoms with van der Waals surface area (Å²) in [4.78, 5) is 25.9. The monoisotopic (exact) mass is 298 g/mol. The minimum Gasteiger partial charge on any atom is -0.338 e. The molecule has 0 aromatic carbocycles. The molecule has 0 spiro atoms. The molecule has 21 heavy (non-hydrogen) atoms. The Hall–Kier alpha value is -1.14. The van der Waals surface area contributed by atoms with Crippen molar-refractivity contribution in [2.24, 2.45) is 5.73 Å². The van der Waals surface area contributed by atoms with Gasteiger partial charge >= 0.3 is 6.03 Å². The van der Waals surface area contributed by atoms with Crippen LogP contribution in [-0.4, -0.2) is 48.6 Å². The molecule has 6 nitrogen and oxygen atoms in total. The third kappa shape index (κ3) is 6.01. The lowest BCUT2D eigenvalue weighted by Crippen LogP contribution is -2.53. The maximum Gasteiger partial charge on any atom is 0.321 e. The Kier molecular flexibility index (Phi) is 8.30. The number of amides is 3. The SMILES string of the molecule is CCNC(=O)NC(=O)C(C)N(CCCN)C1CCCCC1. The lowest BCUT2D eigenvalue weighted by molar-refractivity contribution is -0.126. The van der Waals surface area contributed by atoms with Gasteiger partial charge in [-0.3, -0.25) is 15.0 Å². The average Bonchev–Trinajstić information content (AvgIpc) is 2.48. The van der Waals surface area contributed by atoms with Gasteiger partial charge in [0.15, 0.2) is 0 Å². The van der Waals surface area contributed by atoms with Crippen LogP contribution in [0.3, 0.4) is 0 Å². The van der Waals surface area contributed by atoms with Crippen molar-refractivity contribution in [1.29, 1.82) is 0 Å². The predicted octanol–water partition coefficient (Wildman–Crippen LogP) is 1.20. The molecule has 0 radical (unpaired) electrons. The number of carbonyl (C=O) groups is 2. The second-order valence-corrected chi connectivity index (χ2v) is 5.70. The highest BCUT2D eigenvalue weighted by molar-refractivity contribution is 5.96. The van der Waals surface area contributed by atoms with E-state index in [-0.39, 0.29) is 11.9 Å². The van der Waals surface area contributed by atoms with E-state index in [1.165, 1.54) is 19.3 Å². The van der Waals surface area contributed by atoms with Crippen molar-refractivity contribution in [2.45, 2.75) is 64.5 Å². The van der Waals surface area contributed by atoms with Crippen LogP contribution in [0.15, 0.2) is 0 Å². The van der Waals surface area contributed by atoms with Crippen molar-refractivity contribution in [3.05, 3.63) is 0 Å². The standard InChI is InChI=1S/C15H30N4O2/c1-3-17-15(21)18-14(20)12(2)19(11-7-10-16)13-8-5-4-6-9-13/h12-13H,3-11,16H2,1-2H3,(H2,17,18,20,21). The Morgan fingerprint density at radius 2 is 1.95 bits per heavy atom. The van der Waals surface area contributed by atoms with Crippen molar-refractivity contribution < 1.29 is 9.59 Å². The van der Waals surface area contributed by atoms with Crippen LogP contribution >= 0.6 is 0 Å². The molecule has 122 valence electrons. The molecular weight excluding hydrogens is 268 g/mol. The fourth-order valence-corrected chi connectivity index (χ4v) is 2.95. The molecule has 4 N–H and O–H groups in total. The van der Waals surface area contributed by atoms with Crippen LogP contribution in [0.2, 0.25) is 0 Å². The summed E-state index contributed by atoms with van der Waals surface area (Å²) in [6, 6.07) is -0.292. The first-order chi connectivity index (χ1) is 10.1. The molecule has 1 atom stereocenters. The minimum atomic E-state index is -0.420. The molecule has 0 saturated heterocycles. The molecule has 0 bridgehead atoms. The lowest BCUT2D eigenvalue weighted by atomic mass is 9.93.